The van der Waals surface area contributed by atoms with E-state index in [9.17, 15) is 14.4 Å². The summed E-state index contributed by atoms with van der Waals surface area (Å²) >= 11 is 0. The van der Waals surface area contributed by atoms with Gasteiger partial charge in [0.1, 0.15) is 0 Å². The van der Waals surface area contributed by atoms with E-state index in [1.807, 2.05) is 36.1 Å². The first-order valence-electron chi connectivity index (χ1n) is 8.28. The van der Waals surface area contributed by atoms with Crippen molar-refractivity contribution < 1.29 is 14.4 Å². The molecule has 0 aliphatic carbocycles. The van der Waals surface area contributed by atoms with Crippen LogP contribution in [0.25, 0.3) is 0 Å². The number of amides is 3. The second kappa shape index (κ2) is 6.26. The molecular weight excluding hydrogens is 306 g/mol. The maximum Gasteiger partial charge on any atom is 0.241 e. The van der Waals surface area contributed by atoms with Crippen LogP contribution in [0.15, 0.2) is 24.3 Å². The molecule has 0 aromatic heterocycles. The van der Waals surface area contributed by atoms with Crippen LogP contribution in [-0.4, -0.2) is 48.8 Å². The molecule has 6 nitrogen and oxygen atoms in total. The number of aryl methyl sites for hydroxylation is 1. The van der Waals surface area contributed by atoms with Crippen molar-refractivity contribution >= 4 is 23.4 Å². The quantitative estimate of drug-likeness (QED) is 0.902. The van der Waals surface area contributed by atoms with Crippen LogP contribution >= 0.6 is 0 Å². The lowest BCUT2D eigenvalue weighted by Crippen LogP contribution is -2.40. The monoisotopic (exact) mass is 329 g/mol. The standard InChI is InChI=1S/C18H23N3O3/c1-13-4-3-5-15(8-13)21-12-18(9-16(21)23)6-7-20(11-18)17(24)10-19-14(2)22/h3-5,8H,6-7,9-12H2,1-2H3,(H,19,22). The smallest absolute Gasteiger partial charge is 0.241 e. The Hall–Kier alpha value is -2.37. The Morgan fingerprint density at radius 3 is 2.79 bits per heavy atom. The normalized spacial score (nSPS) is 23.2. The Kier molecular flexibility index (Phi) is 4.30. The van der Waals surface area contributed by atoms with Gasteiger partial charge in [-0.25, -0.2) is 0 Å². The molecule has 1 aromatic rings. The third-order valence-corrected chi connectivity index (χ3v) is 4.91. The first-order valence-corrected chi connectivity index (χ1v) is 8.28. The number of nitrogens with zero attached hydrogens (tertiary/aromatic N) is 2. The van der Waals surface area contributed by atoms with Gasteiger partial charge in [0.05, 0.1) is 6.54 Å². The summed E-state index contributed by atoms with van der Waals surface area (Å²) in [6, 6.07) is 7.95. The maximum absolute atomic E-state index is 12.5. The summed E-state index contributed by atoms with van der Waals surface area (Å²) in [4.78, 5) is 39.2. The number of anilines is 1. The average molecular weight is 329 g/mol. The summed E-state index contributed by atoms with van der Waals surface area (Å²) in [6.45, 7) is 5.32. The molecule has 6 heteroatoms. The van der Waals surface area contributed by atoms with Crippen molar-refractivity contribution in [3.8, 4) is 0 Å². The van der Waals surface area contributed by atoms with Gasteiger partial charge in [0, 0.05) is 44.1 Å². The lowest BCUT2D eigenvalue weighted by Gasteiger charge is -2.24. The minimum Gasteiger partial charge on any atom is -0.347 e. The van der Waals surface area contributed by atoms with Crippen molar-refractivity contribution in [2.45, 2.75) is 26.7 Å². The Morgan fingerprint density at radius 1 is 1.29 bits per heavy atom. The van der Waals surface area contributed by atoms with Crippen LogP contribution in [0.5, 0.6) is 0 Å². The molecular formula is C18H23N3O3. The number of benzene rings is 1. The van der Waals surface area contributed by atoms with E-state index < -0.39 is 0 Å². The molecule has 3 rings (SSSR count). The molecule has 24 heavy (non-hydrogen) atoms. The summed E-state index contributed by atoms with van der Waals surface area (Å²) in [5, 5.41) is 2.54. The van der Waals surface area contributed by atoms with E-state index in [-0.39, 0.29) is 29.7 Å². The van der Waals surface area contributed by atoms with Crippen molar-refractivity contribution in [1.29, 1.82) is 0 Å². The minimum absolute atomic E-state index is 0.0287. The van der Waals surface area contributed by atoms with Crippen molar-refractivity contribution in [2.75, 3.05) is 31.1 Å². The van der Waals surface area contributed by atoms with Crippen LogP contribution in [0, 0.1) is 12.3 Å². The Labute approximate surface area is 141 Å². The fourth-order valence-electron chi connectivity index (χ4n) is 3.66. The average Bonchev–Trinajstić information content (AvgIpc) is 3.08. The first-order chi connectivity index (χ1) is 11.4. The van der Waals surface area contributed by atoms with Gasteiger partial charge in [0.25, 0.3) is 0 Å². The van der Waals surface area contributed by atoms with Gasteiger partial charge in [0.2, 0.25) is 17.7 Å². The van der Waals surface area contributed by atoms with Gasteiger partial charge in [-0.3, -0.25) is 14.4 Å². The second-order valence-corrected chi connectivity index (χ2v) is 6.97. The van der Waals surface area contributed by atoms with Gasteiger partial charge >= 0.3 is 0 Å². The predicted molar refractivity (Wildman–Crippen MR) is 90.5 cm³/mol. The predicted octanol–water partition coefficient (Wildman–Crippen LogP) is 1.09. The molecule has 1 unspecified atom stereocenters. The van der Waals surface area contributed by atoms with Gasteiger partial charge in [-0.15, -0.1) is 0 Å². The molecule has 0 bridgehead atoms. The molecule has 0 radical (unpaired) electrons. The molecule has 1 spiro atoms. The zero-order valence-corrected chi connectivity index (χ0v) is 14.2. The van der Waals surface area contributed by atoms with Crippen LogP contribution in [0.4, 0.5) is 5.69 Å². The van der Waals surface area contributed by atoms with Crippen molar-refractivity contribution in [1.82, 2.24) is 10.2 Å². The summed E-state index contributed by atoms with van der Waals surface area (Å²) in [6.07, 6.45) is 1.30. The molecule has 1 N–H and O–H groups in total. The van der Waals surface area contributed by atoms with Crippen LogP contribution in [0.3, 0.4) is 0 Å². The van der Waals surface area contributed by atoms with E-state index in [4.69, 9.17) is 0 Å². The largest absolute Gasteiger partial charge is 0.347 e. The van der Waals surface area contributed by atoms with Gasteiger partial charge in [-0.1, -0.05) is 12.1 Å². The SMILES string of the molecule is CC(=O)NCC(=O)N1CCC2(CC(=O)N(c3cccc(C)c3)C2)C1. The Morgan fingerprint density at radius 2 is 2.08 bits per heavy atom. The second-order valence-electron chi connectivity index (χ2n) is 6.97. The highest BCUT2D eigenvalue weighted by atomic mass is 16.2. The topological polar surface area (TPSA) is 69.7 Å². The number of rotatable bonds is 3. The van der Waals surface area contributed by atoms with E-state index in [0.29, 0.717) is 26.1 Å². The van der Waals surface area contributed by atoms with Crippen LogP contribution in [0.1, 0.15) is 25.3 Å². The Balaban J connectivity index is 1.67. The zero-order chi connectivity index (χ0) is 17.3. The highest BCUT2D eigenvalue weighted by Gasteiger charge is 2.48. The number of hydrogen-bond acceptors (Lipinski definition) is 3. The molecule has 2 saturated heterocycles. The summed E-state index contributed by atoms with van der Waals surface area (Å²) in [5.74, 6) is -0.167. The van der Waals surface area contributed by atoms with Crippen LogP contribution in [-0.2, 0) is 14.4 Å². The third kappa shape index (κ3) is 3.27. The van der Waals surface area contributed by atoms with Crippen LogP contribution in [0.2, 0.25) is 0 Å². The fraction of sp³-hybridized carbons (Fsp3) is 0.500. The molecule has 128 valence electrons. The van der Waals surface area contributed by atoms with Crippen LogP contribution < -0.4 is 10.2 Å². The first kappa shape index (κ1) is 16.5. The number of carbonyl (C=O) groups is 3. The number of carbonyl (C=O) groups excluding carboxylic acids is 3. The summed E-state index contributed by atoms with van der Waals surface area (Å²) in [7, 11) is 0. The molecule has 2 aliphatic rings. The zero-order valence-electron chi connectivity index (χ0n) is 14.2. The molecule has 3 amide bonds. The van der Waals surface area contributed by atoms with Gasteiger partial charge in [-0.2, -0.15) is 0 Å². The van der Waals surface area contributed by atoms with E-state index >= 15 is 0 Å². The Bertz CT molecular complexity index is 688. The molecule has 0 saturated carbocycles. The third-order valence-electron chi connectivity index (χ3n) is 4.91. The van der Waals surface area contributed by atoms with E-state index in [1.165, 1.54) is 6.92 Å². The summed E-state index contributed by atoms with van der Waals surface area (Å²) in [5.41, 5.74) is 1.90. The van der Waals surface area contributed by atoms with Gasteiger partial charge < -0.3 is 15.1 Å². The molecule has 2 heterocycles. The molecule has 1 atom stereocenters. The van der Waals surface area contributed by atoms with Gasteiger partial charge in [-0.05, 0) is 31.0 Å². The van der Waals surface area contributed by atoms with E-state index in [1.54, 1.807) is 4.90 Å². The van der Waals surface area contributed by atoms with Crippen molar-refractivity contribution in [3.63, 3.8) is 0 Å². The lowest BCUT2D eigenvalue weighted by molar-refractivity contribution is -0.132. The van der Waals surface area contributed by atoms with Crippen molar-refractivity contribution in [2.24, 2.45) is 5.41 Å². The molecule has 2 aliphatic heterocycles. The van der Waals surface area contributed by atoms with E-state index in [2.05, 4.69) is 5.32 Å². The molecule has 2 fully saturated rings. The van der Waals surface area contributed by atoms with E-state index in [0.717, 1.165) is 17.7 Å². The number of likely N-dealkylation sites (tertiary alicyclic amines) is 1. The summed E-state index contributed by atoms with van der Waals surface area (Å²) < 4.78 is 0. The highest BCUT2D eigenvalue weighted by molar-refractivity contribution is 5.96. The molecule has 1 aromatic carbocycles. The number of hydrogen-bond donors (Lipinski definition) is 1. The van der Waals surface area contributed by atoms with Crippen molar-refractivity contribution in [3.05, 3.63) is 29.8 Å². The highest BCUT2D eigenvalue weighted by Crippen LogP contribution is 2.41. The fourth-order valence-corrected chi connectivity index (χ4v) is 3.66. The van der Waals surface area contributed by atoms with Gasteiger partial charge in [0.15, 0.2) is 0 Å². The maximum atomic E-state index is 12.5. The lowest BCUT2D eigenvalue weighted by atomic mass is 9.86. The number of nitrogens with one attached hydrogen (secondary N) is 1. The minimum atomic E-state index is -0.209.